The fourth-order valence-electron chi connectivity index (χ4n) is 2.10. The lowest BCUT2D eigenvalue weighted by Crippen LogP contribution is -2.25. The molecule has 1 aromatic heterocycles. The molecule has 0 aliphatic rings. The predicted molar refractivity (Wildman–Crippen MR) is 81.5 cm³/mol. The number of amides is 1. The molecule has 0 saturated carbocycles. The number of aromatic nitrogens is 2. The van der Waals surface area contributed by atoms with E-state index in [2.05, 4.69) is 36.3 Å². The van der Waals surface area contributed by atoms with Crippen molar-refractivity contribution in [2.45, 2.75) is 40.0 Å². The van der Waals surface area contributed by atoms with Crippen LogP contribution < -0.4 is 11.1 Å². The zero-order valence-corrected chi connectivity index (χ0v) is 13.1. The Kier molecular flexibility index (Phi) is 6.36. The SMILES string of the molecule is CC(C)(C)C(CCN)CCC(=O)Nc1ccc(Cl)nn1. The van der Waals surface area contributed by atoms with Gasteiger partial charge in [0.05, 0.1) is 0 Å². The maximum atomic E-state index is 11.9. The van der Waals surface area contributed by atoms with Gasteiger partial charge in [-0.25, -0.2) is 0 Å². The van der Waals surface area contributed by atoms with Gasteiger partial charge < -0.3 is 11.1 Å². The quantitative estimate of drug-likeness (QED) is 0.846. The van der Waals surface area contributed by atoms with E-state index < -0.39 is 0 Å². The molecule has 112 valence electrons. The molecule has 20 heavy (non-hydrogen) atoms. The van der Waals surface area contributed by atoms with E-state index in [1.807, 2.05) is 0 Å². The number of nitrogens with zero attached hydrogens (tertiary/aromatic N) is 2. The van der Waals surface area contributed by atoms with Crippen LogP contribution in [0.4, 0.5) is 5.82 Å². The largest absolute Gasteiger partial charge is 0.330 e. The van der Waals surface area contributed by atoms with Crippen LogP contribution in [0.2, 0.25) is 5.15 Å². The summed E-state index contributed by atoms with van der Waals surface area (Å²) in [6.45, 7) is 7.17. The Morgan fingerprint density at radius 1 is 1.35 bits per heavy atom. The van der Waals surface area contributed by atoms with E-state index in [0.717, 1.165) is 12.8 Å². The fourth-order valence-corrected chi connectivity index (χ4v) is 2.21. The van der Waals surface area contributed by atoms with Gasteiger partial charge in [-0.1, -0.05) is 32.4 Å². The highest BCUT2D eigenvalue weighted by atomic mass is 35.5. The Bertz CT molecular complexity index is 428. The fraction of sp³-hybridized carbons (Fsp3) is 0.643. The van der Waals surface area contributed by atoms with Crippen molar-refractivity contribution in [2.75, 3.05) is 11.9 Å². The average molecular weight is 299 g/mol. The second kappa shape index (κ2) is 7.55. The average Bonchev–Trinajstić information content (AvgIpc) is 2.36. The predicted octanol–water partition coefficient (Wildman–Crippen LogP) is 2.86. The summed E-state index contributed by atoms with van der Waals surface area (Å²) in [5.41, 5.74) is 5.79. The first-order chi connectivity index (χ1) is 9.32. The van der Waals surface area contributed by atoms with Crippen LogP contribution in [-0.2, 0) is 4.79 Å². The molecule has 1 aromatic rings. The highest BCUT2D eigenvalue weighted by Gasteiger charge is 2.24. The molecule has 0 aliphatic carbocycles. The molecule has 1 rings (SSSR count). The molecule has 5 nitrogen and oxygen atoms in total. The summed E-state index contributed by atoms with van der Waals surface area (Å²) in [6, 6.07) is 3.23. The number of nitrogens with two attached hydrogens (primary N) is 1. The van der Waals surface area contributed by atoms with Crippen LogP contribution in [0.5, 0.6) is 0 Å². The van der Waals surface area contributed by atoms with Crippen molar-refractivity contribution in [1.29, 1.82) is 0 Å². The van der Waals surface area contributed by atoms with E-state index >= 15 is 0 Å². The number of carbonyl (C=O) groups is 1. The minimum atomic E-state index is -0.0621. The zero-order chi connectivity index (χ0) is 15.2. The topological polar surface area (TPSA) is 80.9 Å². The molecule has 1 amide bonds. The molecular formula is C14H23ClN4O. The van der Waals surface area contributed by atoms with Crippen molar-refractivity contribution in [2.24, 2.45) is 17.1 Å². The van der Waals surface area contributed by atoms with Gasteiger partial charge in [-0.2, -0.15) is 0 Å². The van der Waals surface area contributed by atoms with E-state index in [1.165, 1.54) is 0 Å². The smallest absolute Gasteiger partial charge is 0.225 e. The zero-order valence-electron chi connectivity index (χ0n) is 12.3. The van der Waals surface area contributed by atoms with Crippen molar-refractivity contribution >= 4 is 23.3 Å². The summed E-state index contributed by atoms with van der Waals surface area (Å²) < 4.78 is 0. The third-order valence-electron chi connectivity index (χ3n) is 3.36. The van der Waals surface area contributed by atoms with Gasteiger partial charge in [0.2, 0.25) is 5.91 Å². The molecule has 1 atom stereocenters. The van der Waals surface area contributed by atoms with Crippen molar-refractivity contribution in [3.05, 3.63) is 17.3 Å². The molecule has 6 heteroatoms. The molecule has 0 radical (unpaired) electrons. The summed E-state index contributed by atoms with van der Waals surface area (Å²) in [5, 5.41) is 10.5. The Morgan fingerprint density at radius 3 is 2.55 bits per heavy atom. The molecule has 0 spiro atoms. The monoisotopic (exact) mass is 298 g/mol. The number of halogens is 1. The maximum absolute atomic E-state index is 11.9. The minimum Gasteiger partial charge on any atom is -0.330 e. The Labute approximate surface area is 125 Å². The van der Waals surface area contributed by atoms with Crippen LogP contribution in [-0.4, -0.2) is 22.6 Å². The first-order valence-electron chi connectivity index (χ1n) is 6.82. The lowest BCUT2D eigenvalue weighted by Gasteiger charge is -2.30. The van der Waals surface area contributed by atoms with E-state index in [0.29, 0.717) is 29.9 Å². The van der Waals surface area contributed by atoms with Crippen LogP contribution in [0.25, 0.3) is 0 Å². The van der Waals surface area contributed by atoms with Gasteiger partial charge in [-0.3, -0.25) is 4.79 Å². The number of hydrogen-bond donors (Lipinski definition) is 2. The number of rotatable bonds is 6. The van der Waals surface area contributed by atoms with Crippen molar-refractivity contribution in [3.8, 4) is 0 Å². The highest BCUT2D eigenvalue weighted by molar-refractivity contribution is 6.29. The minimum absolute atomic E-state index is 0.0621. The molecule has 0 aliphatic heterocycles. The molecule has 1 unspecified atom stereocenters. The van der Waals surface area contributed by atoms with E-state index in [9.17, 15) is 4.79 Å². The lowest BCUT2D eigenvalue weighted by molar-refractivity contribution is -0.116. The van der Waals surface area contributed by atoms with Gasteiger partial charge in [0, 0.05) is 6.42 Å². The number of carbonyl (C=O) groups excluding carboxylic acids is 1. The Hall–Kier alpha value is -1.20. The van der Waals surface area contributed by atoms with Gasteiger partial charge in [0.15, 0.2) is 11.0 Å². The van der Waals surface area contributed by atoms with E-state index in [1.54, 1.807) is 12.1 Å². The second-order valence-corrected chi connectivity index (χ2v) is 6.36. The molecule has 0 saturated heterocycles. The van der Waals surface area contributed by atoms with Gasteiger partial charge in [0.1, 0.15) is 0 Å². The van der Waals surface area contributed by atoms with Crippen LogP contribution in [0.3, 0.4) is 0 Å². The van der Waals surface area contributed by atoms with Crippen molar-refractivity contribution in [1.82, 2.24) is 10.2 Å². The summed E-state index contributed by atoms with van der Waals surface area (Å²) in [6.07, 6.45) is 2.19. The Balaban J connectivity index is 2.47. The van der Waals surface area contributed by atoms with Gasteiger partial charge in [-0.05, 0) is 42.9 Å². The molecular weight excluding hydrogens is 276 g/mol. The van der Waals surface area contributed by atoms with Crippen LogP contribution >= 0.6 is 11.6 Å². The van der Waals surface area contributed by atoms with Gasteiger partial charge in [0.25, 0.3) is 0 Å². The number of hydrogen-bond acceptors (Lipinski definition) is 4. The molecule has 0 fully saturated rings. The van der Waals surface area contributed by atoms with E-state index in [4.69, 9.17) is 17.3 Å². The summed E-state index contributed by atoms with van der Waals surface area (Å²) in [5.74, 6) is 0.785. The van der Waals surface area contributed by atoms with E-state index in [-0.39, 0.29) is 11.3 Å². The van der Waals surface area contributed by atoms with Gasteiger partial charge in [-0.15, -0.1) is 10.2 Å². The summed E-state index contributed by atoms with van der Waals surface area (Å²) >= 11 is 5.64. The van der Waals surface area contributed by atoms with Crippen LogP contribution in [0.1, 0.15) is 40.0 Å². The Morgan fingerprint density at radius 2 is 2.05 bits per heavy atom. The third kappa shape index (κ3) is 5.84. The second-order valence-electron chi connectivity index (χ2n) is 5.97. The van der Waals surface area contributed by atoms with Crippen LogP contribution in [0.15, 0.2) is 12.1 Å². The summed E-state index contributed by atoms with van der Waals surface area (Å²) in [7, 11) is 0. The number of anilines is 1. The lowest BCUT2D eigenvalue weighted by atomic mass is 9.76. The molecule has 0 aromatic carbocycles. The standard InChI is InChI=1S/C14H23ClN4O/c1-14(2,3)10(8-9-16)4-7-13(20)17-12-6-5-11(15)18-19-12/h5-6,10H,4,7-9,16H2,1-3H3,(H,17,19,20). The third-order valence-corrected chi connectivity index (χ3v) is 3.56. The van der Waals surface area contributed by atoms with Gasteiger partial charge >= 0.3 is 0 Å². The van der Waals surface area contributed by atoms with Crippen molar-refractivity contribution < 1.29 is 4.79 Å². The van der Waals surface area contributed by atoms with Crippen molar-refractivity contribution in [3.63, 3.8) is 0 Å². The first kappa shape index (κ1) is 16.9. The molecule has 0 bridgehead atoms. The summed E-state index contributed by atoms with van der Waals surface area (Å²) in [4.78, 5) is 11.9. The molecule has 3 N–H and O–H groups in total. The molecule has 1 heterocycles. The maximum Gasteiger partial charge on any atom is 0.225 e. The van der Waals surface area contributed by atoms with Crippen LogP contribution in [0, 0.1) is 11.3 Å². The highest BCUT2D eigenvalue weighted by Crippen LogP contribution is 2.32. The normalized spacial score (nSPS) is 13.1. The number of nitrogens with one attached hydrogen (secondary N) is 1. The first-order valence-corrected chi connectivity index (χ1v) is 7.20.